The Morgan fingerprint density at radius 1 is 1.47 bits per heavy atom. The Morgan fingerprint density at radius 3 is 2.89 bits per heavy atom. The molecule has 1 aliphatic heterocycles. The van der Waals surface area contributed by atoms with Crippen LogP contribution in [0.3, 0.4) is 0 Å². The number of benzene rings is 1. The van der Waals surface area contributed by atoms with E-state index in [2.05, 4.69) is 0 Å². The van der Waals surface area contributed by atoms with Crippen molar-refractivity contribution in [2.75, 3.05) is 6.54 Å². The van der Waals surface area contributed by atoms with E-state index in [9.17, 15) is 4.79 Å². The summed E-state index contributed by atoms with van der Waals surface area (Å²) in [6, 6.07) is 5.59. The molecule has 0 radical (unpaired) electrons. The molecule has 1 fully saturated rings. The largest absolute Gasteiger partial charge is 0.340 e. The van der Waals surface area contributed by atoms with Crippen molar-refractivity contribution in [3.05, 3.63) is 33.8 Å². The first-order valence-electron chi connectivity index (χ1n) is 6.46. The number of halogens is 2. The number of hydrogen-bond acceptors (Lipinski definition) is 2. The van der Waals surface area contributed by atoms with Crippen molar-refractivity contribution >= 4 is 29.1 Å². The van der Waals surface area contributed by atoms with Crippen LogP contribution < -0.4 is 5.73 Å². The highest BCUT2D eigenvalue weighted by Gasteiger charge is 2.27. The zero-order valence-corrected chi connectivity index (χ0v) is 12.4. The minimum absolute atomic E-state index is 0.0866. The number of amides is 1. The zero-order chi connectivity index (χ0) is 14.0. The van der Waals surface area contributed by atoms with E-state index in [4.69, 9.17) is 28.9 Å². The Labute approximate surface area is 123 Å². The summed E-state index contributed by atoms with van der Waals surface area (Å²) in [6.45, 7) is 2.76. The van der Waals surface area contributed by atoms with Gasteiger partial charge in [0.2, 0.25) is 5.91 Å². The molecule has 1 aromatic rings. The molecule has 104 valence electrons. The van der Waals surface area contributed by atoms with Crippen LogP contribution in [0.4, 0.5) is 0 Å². The number of nitrogens with two attached hydrogens (primary N) is 1. The fraction of sp³-hybridized carbons (Fsp3) is 0.500. The topological polar surface area (TPSA) is 46.3 Å². The number of likely N-dealkylation sites (tertiary alicyclic amines) is 1. The third-order valence-electron chi connectivity index (χ3n) is 3.59. The highest BCUT2D eigenvalue weighted by Crippen LogP contribution is 2.23. The van der Waals surface area contributed by atoms with Gasteiger partial charge >= 0.3 is 0 Å². The Bertz CT molecular complexity index is 479. The fourth-order valence-electron chi connectivity index (χ4n) is 2.52. The standard InChI is InChI=1S/C14H18Cl2N2O/c1-9-6-12(17)4-5-18(9)14(19)8-10-7-11(15)2-3-13(10)16/h2-3,7,9,12H,4-6,8,17H2,1H3/t9-,12+/m1/s1. The molecule has 0 bridgehead atoms. The number of carbonyl (C=O) groups is 1. The second-order valence-electron chi connectivity index (χ2n) is 5.13. The Hall–Kier alpha value is -0.770. The maximum atomic E-state index is 12.3. The number of nitrogens with zero attached hydrogens (tertiary/aromatic N) is 1. The smallest absolute Gasteiger partial charge is 0.227 e. The van der Waals surface area contributed by atoms with E-state index in [1.165, 1.54) is 0 Å². The van der Waals surface area contributed by atoms with Gasteiger partial charge in [-0.15, -0.1) is 0 Å². The van der Waals surface area contributed by atoms with E-state index >= 15 is 0 Å². The van der Waals surface area contributed by atoms with Crippen LogP contribution in [0.5, 0.6) is 0 Å². The minimum atomic E-state index is 0.0866. The summed E-state index contributed by atoms with van der Waals surface area (Å²) in [5.41, 5.74) is 6.69. The van der Waals surface area contributed by atoms with Gasteiger partial charge in [-0.2, -0.15) is 0 Å². The van der Waals surface area contributed by atoms with Crippen molar-refractivity contribution in [3.63, 3.8) is 0 Å². The normalized spacial score (nSPS) is 23.5. The summed E-state index contributed by atoms with van der Waals surface area (Å²) in [5, 5.41) is 1.18. The van der Waals surface area contributed by atoms with Gasteiger partial charge < -0.3 is 10.6 Å². The Balaban J connectivity index is 2.06. The lowest BCUT2D eigenvalue weighted by Gasteiger charge is -2.36. The van der Waals surface area contributed by atoms with Crippen LogP contribution in [0.1, 0.15) is 25.3 Å². The summed E-state index contributed by atoms with van der Waals surface area (Å²) in [5.74, 6) is 0.0866. The number of piperidine rings is 1. The van der Waals surface area contributed by atoms with E-state index in [1.807, 2.05) is 11.8 Å². The minimum Gasteiger partial charge on any atom is -0.340 e. The maximum absolute atomic E-state index is 12.3. The monoisotopic (exact) mass is 300 g/mol. The summed E-state index contributed by atoms with van der Waals surface area (Å²) in [7, 11) is 0. The molecule has 0 unspecified atom stereocenters. The van der Waals surface area contributed by atoms with Crippen molar-refractivity contribution in [2.45, 2.75) is 38.3 Å². The molecule has 0 spiro atoms. The lowest BCUT2D eigenvalue weighted by Crippen LogP contribution is -2.48. The van der Waals surface area contributed by atoms with Gasteiger partial charge in [-0.25, -0.2) is 0 Å². The van der Waals surface area contributed by atoms with Crippen LogP contribution in [0.2, 0.25) is 10.0 Å². The number of carbonyl (C=O) groups excluding carboxylic acids is 1. The second kappa shape index (κ2) is 6.12. The highest BCUT2D eigenvalue weighted by molar-refractivity contribution is 6.33. The van der Waals surface area contributed by atoms with E-state index in [0.29, 0.717) is 16.5 Å². The van der Waals surface area contributed by atoms with Crippen molar-refractivity contribution in [1.82, 2.24) is 4.90 Å². The van der Waals surface area contributed by atoms with E-state index in [-0.39, 0.29) is 18.0 Å². The first kappa shape index (κ1) is 14.6. The molecular weight excluding hydrogens is 283 g/mol. The van der Waals surface area contributed by atoms with E-state index < -0.39 is 0 Å². The van der Waals surface area contributed by atoms with Gasteiger partial charge in [0.15, 0.2) is 0 Å². The molecule has 1 aromatic carbocycles. The molecule has 1 saturated heterocycles. The third-order valence-corrected chi connectivity index (χ3v) is 4.19. The molecule has 0 aromatic heterocycles. The van der Waals surface area contributed by atoms with Crippen molar-refractivity contribution < 1.29 is 4.79 Å². The van der Waals surface area contributed by atoms with Crippen molar-refractivity contribution in [1.29, 1.82) is 0 Å². The zero-order valence-electron chi connectivity index (χ0n) is 10.9. The molecule has 1 aliphatic rings. The maximum Gasteiger partial charge on any atom is 0.227 e. The summed E-state index contributed by atoms with van der Waals surface area (Å²) in [4.78, 5) is 14.2. The van der Waals surface area contributed by atoms with Crippen LogP contribution in [-0.4, -0.2) is 29.4 Å². The van der Waals surface area contributed by atoms with Gasteiger partial charge in [-0.05, 0) is 43.5 Å². The summed E-state index contributed by atoms with van der Waals surface area (Å²) >= 11 is 12.0. The molecule has 19 heavy (non-hydrogen) atoms. The molecule has 2 atom stereocenters. The molecular formula is C14H18Cl2N2O. The average Bonchev–Trinajstić information content (AvgIpc) is 2.33. The molecule has 0 aliphatic carbocycles. The predicted molar refractivity (Wildman–Crippen MR) is 78.6 cm³/mol. The average molecular weight is 301 g/mol. The molecule has 2 N–H and O–H groups in total. The lowest BCUT2D eigenvalue weighted by atomic mass is 9.98. The molecule has 5 heteroatoms. The SMILES string of the molecule is C[C@@H]1C[C@@H](N)CCN1C(=O)Cc1cc(Cl)ccc1Cl. The molecule has 0 saturated carbocycles. The van der Waals surface area contributed by atoms with Gasteiger partial charge in [-0.3, -0.25) is 4.79 Å². The molecule has 1 amide bonds. The first-order valence-corrected chi connectivity index (χ1v) is 7.22. The van der Waals surface area contributed by atoms with E-state index in [0.717, 1.165) is 24.9 Å². The van der Waals surface area contributed by atoms with Gasteiger partial charge in [-0.1, -0.05) is 23.2 Å². The Kier molecular flexibility index (Phi) is 4.71. The first-order chi connectivity index (χ1) is 8.97. The molecule has 2 rings (SSSR count). The summed E-state index contributed by atoms with van der Waals surface area (Å²) < 4.78 is 0. The van der Waals surface area contributed by atoms with Crippen LogP contribution in [0.15, 0.2) is 18.2 Å². The Morgan fingerprint density at radius 2 is 2.21 bits per heavy atom. The van der Waals surface area contributed by atoms with Crippen LogP contribution >= 0.6 is 23.2 Å². The fourth-order valence-corrected chi connectivity index (χ4v) is 2.90. The number of rotatable bonds is 2. The van der Waals surface area contributed by atoms with E-state index in [1.54, 1.807) is 18.2 Å². The van der Waals surface area contributed by atoms with Gasteiger partial charge in [0.05, 0.1) is 6.42 Å². The predicted octanol–water partition coefficient (Wildman–Crippen LogP) is 2.87. The second-order valence-corrected chi connectivity index (χ2v) is 5.98. The van der Waals surface area contributed by atoms with Crippen molar-refractivity contribution in [2.24, 2.45) is 5.73 Å². The quantitative estimate of drug-likeness (QED) is 0.913. The van der Waals surface area contributed by atoms with Crippen LogP contribution in [-0.2, 0) is 11.2 Å². The summed E-state index contributed by atoms with van der Waals surface area (Å²) in [6.07, 6.45) is 2.01. The van der Waals surface area contributed by atoms with Gasteiger partial charge in [0.1, 0.15) is 0 Å². The third kappa shape index (κ3) is 3.62. The lowest BCUT2D eigenvalue weighted by molar-refractivity contribution is -0.133. The molecule has 3 nitrogen and oxygen atoms in total. The van der Waals surface area contributed by atoms with Crippen LogP contribution in [0.25, 0.3) is 0 Å². The molecule has 1 heterocycles. The highest BCUT2D eigenvalue weighted by atomic mass is 35.5. The van der Waals surface area contributed by atoms with Gasteiger partial charge in [0.25, 0.3) is 0 Å². The number of hydrogen-bond donors (Lipinski definition) is 1. The van der Waals surface area contributed by atoms with Gasteiger partial charge in [0, 0.05) is 28.7 Å². The van der Waals surface area contributed by atoms with Crippen LogP contribution in [0, 0.1) is 0 Å². The van der Waals surface area contributed by atoms with Crippen molar-refractivity contribution in [3.8, 4) is 0 Å².